The topological polar surface area (TPSA) is 100 Å². The second kappa shape index (κ2) is 8.43. The number of aromatic nitrogens is 1. The number of carbonyl (C=O) groups excluding carboxylic acids is 2. The van der Waals surface area contributed by atoms with Crippen LogP contribution in [0.5, 0.6) is 5.75 Å². The van der Waals surface area contributed by atoms with Gasteiger partial charge in [-0.15, -0.1) is 0 Å². The zero-order valence-corrected chi connectivity index (χ0v) is 16.0. The van der Waals surface area contributed by atoms with Crippen LogP contribution in [0.15, 0.2) is 24.4 Å². The summed E-state index contributed by atoms with van der Waals surface area (Å²) in [6.45, 7) is 3.04. The lowest BCUT2D eigenvalue weighted by molar-refractivity contribution is -0.131. The van der Waals surface area contributed by atoms with Crippen molar-refractivity contribution >= 4 is 22.7 Å². The zero-order valence-electron chi connectivity index (χ0n) is 16.0. The monoisotopic (exact) mass is 372 g/mol. The summed E-state index contributed by atoms with van der Waals surface area (Å²) < 4.78 is 5.29. The number of nitrogens with zero attached hydrogens (tertiary/aromatic N) is 1. The van der Waals surface area contributed by atoms with Crippen LogP contribution in [0.3, 0.4) is 0 Å². The quantitative estimate of drug-likeness (QED) is 0.739. The SMILES string of the molecule is COc1ccc2[nH]cc(CCNC(=O)[C@@H]3CC[C@H](N)CN(C(C)=O)C3)c2c1. The molecule has 1 saturated heterocycles. The van der Waals surface area contributed by atoms with Crippen LogP contribution in [-0.4, -0.2) is 54.5 Å². The number of nitrogens with one attached hydrogen (secondary N) is 2. The molecule has 0 unspecified atom stereocenters. The van der Waals surface area contributed by atoms with Crippen LogP contribution in [-0.2, 0) is 16.0 Å². The molecule has 1 aliphatic heterocycles. The molecule has 0 radical (unpaired) electrons. The van der Waals surface area contributed by atoms with Gasteiger partial charge >= 0.3 is 0 Å². The van der Waals surface area contributed by atoms with E-state index in [0.717, 1.165) is 35.1 Å². The van der Waals surface area contributed by atoms with Crippen LogP contribution in [0, 0.1) is 5.92 Å². The summed E-state index contributed by atoms with van der Waals surface area (Å²) in [6, 6.07) is 5.84. The van der Waals surface area contributed by atoms with Crippen molar-refractivity contribution in [2.45, 2.75) is 32.2 Å². The van der Waals surface area contributed by atoms with Crippen molar-refractivity contribution in [3.8, 4) is 5.75 Å². The van der Waals surface area contributed by atoms with Gasteiger partial charge in [-0.3, -0.25) is 9.59 Å². The van der Waals surface area contributed by atoms with Gasteiger partial charge in [-0.2, -0.15) is 0 Å². The number of H-pyrrole nitrogens is 1. The van der Waals surface area contributed by atoms with Crippen LogP contribution in [0.25, 0.3) is 10.9 Å². The molecule has 1 aromatic carbocycles. The normalized spacial score (nSPS) is 20.3. The van der Waals surface area contributed by atoms with E-state index in [1.165, 1.54) is 6.92 Å². The summed E-state index contributed by atoms with van der Waals surface area (Å²) in [6.07, 6.45) is 4.16. The van der Waals surface area contributed by atoms with E-state index in [-0.39, 0.29) is 23.8 Å². The highest BCUT2D eigenvalue weighted by molar-refractivity contribution is 5.85. The minimum Gasteiger partial charge on any atom is -0.497 e. The number of methoxy groups -OCH3 is 1. The smallest absolute Gasteiger partial charge is 0.224 e. The highest BCUT2D eigenvalue weighted by Gasteiger charge is 2.28. The second-order valence-electron chi connectivity index (χ2n) is 7.22. The maximum Gasteiger partial charge on any atom is 0.224 e. The van der Waals surface area contributed by atoms with Gasteiger partial charge in [0.2, 0.25) is 11.8 Å². The molecule has 146 valence electrons. The number of rotatable bonds is 5. The molecule has 0 saturated carbocycles. The summed E-state index contributed by atoms with van der Waals surface area (Å²) in [5.74, 6) is 0.572. The highest BCUT2D eigenvalue weighted by atomic mass is 16.5. The number of ether oxygens (including phenoxy) is 1. The number of hydrogen-bond acceptors (Lipinski definition) is 4. The molecule has 2 aromatic rings. The number of likely N-dealkylation sites (tertiary alicyclic amines) is 1. The summed E-state index contributed by atoms with van der Waals surface area (Å²) in [4.78, 5) is 29.3. The van der Waals surface area contributed by atoms with E-state index < -0.39 is 0 Å². The summed E-state index contributed by atoms with van der Waals surface area (Å²) >= 11 is 0. The fraction of sp³-hybridized carbons (Fsp3) is 0.500. The molecule has 7 heteroatoms. The Kier molecular flexibility index (Phi) is 6.01. The van der Waals surface area contributed by atoms with Crippen molar-refractivity contribution in [2.75, 3.05) is 26.7 Å². The van der Waals surface area contributed by atoms with E-state index in [1.54, 1.807) is 12.0 Å². The fourth-order valence-corrected chi connectivity index (χ4v) is 3.65. The molecular formula is C20H28N4O3. The Morgan fingerprint density at radius 1 is 1.33 bits per heavy atom. The van der Waals surface area contributed by atoms with Crippen molar-refractivity contribution in [3.05, 3.63) is 30.0 Å². The lowest BCUT2D eigenvalue weighted by atomic mass is 10.0. The molecule has 2 heterocycles. The fourth-order valence-electron chi connectivity index (χ4n) is 3.65. The Labute approximate surface area is 159 Å². The molecule has 3 rings (SSSR count). The van der Waals surface area contributed by atoms with E-state index >= 15 is 0 Å². The Morgan fingerprint density at radius 3 is 2.89 bits per heavy atom. The van der Waals surface area contributed by atoms with E-state index in [2.05, 4.69) is 10.3 Å². The predicted octanol–water partition coefficient (Wildman–Crippen LogP) is 1.42. The van der Waals surface area contributed by atoms with Gasteiger partial charge in [0, 0.05) is 49.7 Å². The lowest BCUT2D eigenvalue weighted by Crippen LogP contribution is -2.42. The molecule has 1 fully saturated rings. The van der Waals surface area contributed by atoms with E-state index in [9.17, 15) is 9.59 Å². The molecule has 27 heavy (non-hydrogen) atoms. The molecule has 1 aromatic heterocycles. The van der Waals surface area contributed by atoms with Gasteiger partial charge in [-0.05, 0) is 43.0 Å². The van der Waals surface area contributed by atoms with E-state index in [1.807, 2.05) is 24.4 Å². The first-order valence-corrected chi connectivity index (χ1v) is 9.40. The van der Waals surface area contributed by atoms with Crippen LogP contribution in [0.4, 0.5) is 0 Å². The lowest BCUT2D eigenvalue weighted by Gasteiger charge is -2.23. The largest absolute Gasteiger partial charge is 0.497 e. The summed E-state index contributed by atoms with van der Waals surface area (Å²) in [5, 5.41) is 4.13. The minimum absolute atomic E-state index is 0.00669. The van der Waals surface area contributed by atoms with Crippen LogP contribution < -0.4 is 15.8 Å². The first-order valence-electron chi connectivity index (χ1n) is 9.40. The van der Waals surface area contributed by atoms with Crippen molar-refractivity contribution in [2.24, 2.45) is 11.7 Å². The molecule has 0 aliphatic carbocycles. The number of carbonyl (C=O) groups is 2. The third kappa shape index (κ3) is 4.60. The standard InChI is InChI=1S/C20H28N4O3/c1-13(25)24-11-15(3-4-16(21)12-24)20(26)22-8-7-14-10-23-19-6-5-17(27-2)9-18(14)19/h5-6,9-10,15-16,23H,3-4,7-8,11-12,21H2,1-2H3,(H,22,26)/t15-,16+/m1/s1. The van der Waals surface area contributed by atoms with Crippen LogP contribution in [0.2, 0.25) is 0 Å². The number of amides is 2. The number of benzene rings is 1. The van der Waals surface area contributed by atoms with Crippen molar-refractivity contribution in [3.63, 3.8) is 0 Å². The first kappa shape index (κ1) is 19.2. The molecule has 1 aliphatic rings. The first-order chi connectivity index (χ1) is 13.0. The molecule has 7 nitrogen and oxygen atoms in total. The van der Waals surface area contributed by atoms with Gasteiger partial charge in [-0.1, -0.05) is 0 Å². The average Bonchev–Trinajstić information content (AvgIpc) is 2.94. The zero-order chi connectivity index (χ0) is 19.4. The Bertz CT molecular complexity index is 817. The molecule has 4 N–H and O–H groups in total. The van der Waals surface area contributed by atoms with Gasteiger partial charge in [0.1, 0.15) is 5.75 Å². The Hall–Kier alpha value is -2.54. The van der Waals surface area contributed by atoms with Gasteiger partial charge < -0.3 is 25.7 Å². The number of hydrogen-bond donors (Lipinski definition) is 3. The molecule has 0 bridgehead atoms. The van der Waals surface area contributed by atoms with Gasteiger partial charge in [0.15, 0.2) is 0 Å². The van der Waals surface area contributed by atoms with Crippen molar-refractivity contribution in [1.82, 2.24) is 15.2 Å². The Balaban J connectivity index is 1.58. The third-order valence-corrected chi connectivity index (χ3v) is 5.27. The molecule has 0 spiro atoms. The maximum atomic E-state index is 12.6. The van der Waals surface area contributed by atoms with Gasteiger partial charge in [-0.25, -0.2) is 0 Å². The van der Waals surface area contributed by atoms with Crippen LogP contribution >= 0.6 is 0 Å². The van der Waals surface area contributed by atoms with Crippen LogP contribution in [0.1, 0.15) is 25.3 Å². The van der Waals surface area contributed by atoms with E-state index in [0.29, 0.717) is 26.1 Å². The van der Waals surface area contributed by atoms with E-state index in [4.69, 9.17) is 10.5 Å². The van der Waals surface area contributed by atoms with Crippen molar-refractivity contribution in [1.29, 1.82) is 0 Å². The third-order valence-electron chi connectivity index (χ3n) is 5.27. The highest BCUT2D eigenvalue weighted by Crippen LogP contribution is 2.24. The van der Waals surface area contributed by atoms with Gasteiger partial charge in [0.25, 0.3) is 0 Å². The second-order valence-corrected chi connectivity index (χ2v) is 7.22. The predicted molar refractivity (Wildman–Crippen MR) is 105 cm³/mol. The summed E-state index contributed by atoms with van der Waals surface area (Å²) in [5.41, 5.74) is 8.21. The summed E-state index contributed by atoms with van der Waals surface area (Å²) in [7, 11) is 1.65. The average molecular weight is 372 g/mol. The van der Waals surface area contributed by atoms with Crippen molar-refractivity contribution < 1.29 is 14.3 Å². The Morgan fingerprint density at radius 2 is 2.15 bits per heavy atom. The minimum atomic E-state index is -0.203. The molecule has 2 amide bonds. The number of nitrogens with two attached hydrogens (primary N) is 1. The number of aromatic amines is 1. The number of fused-ring (bicyclic) bond motifs is 1. The molecule has 2 atom stereocenters. The van der Waals surface area contributed by atoms with Gasteiger partial charge in [0.05, 0.1) is 13.0 Å². The molecular weight excluding hydrogens is 344 g/mol. The maximum absolute atomic E-state index is 12.6.